The summed E-state index contributed by atoms with van der Waals surface area (Å²) < 4.78 is 2.88. The first-order valence-electron chi connectivity index (χ1n) is 5.95. The lowest BCUT2D eigenvalue weighted by Crippen LogP contribution is -2.11. The molecule has 0 radical (unpaired) electrons. The highest BCUT2D eigenvalue weighted by atomic mass is 79.9. The molecule has 0 saturated heterocycles. The highest BCUT2D eigenvalue weighted by molar-refractivity contribution is 9.10. The van der Waals surface area contributed by atoms with Gasteiger partial charge in [0.05, 0.1) is 5.69 Å². The Labute approximate surface area is 116 Å². The van der Waals surface area contributed by atoms with Crippen LogP contribution in [0.25, 0.3) is 5.82 Å². The van der Waals surface area contributed by atoms with E-state index in [0.29, 0.717) is 0 Å². The SMILES string of the molecule is CNCCc1c(C)nn(-c2ccc(Br)cn2)c1C. The summed E-state index contributed by atoms with van der Waals surface area (Å²) in [5.41, 5.74) is 3.54. The molecule has 2 heterocycles. The summed E-state index contributed by atoms with van der Waals surface area (Å²) >= 11 is 3.39. The predicted octanol–water partition coefficient (Wildman–Crippen LogP) is 2.41. The molecule has 0 unspecified atom stereocenters. The highest BCUT2D eigenvalue weighted by Gasteiger charge is 2.12. The van der Waals surface area contributed by atoms with Gasteiger partial charge in [0.1, 0.15) is 0 Å². The van der Waals surface area contributed by atoms with Crippen LogP contribution in [0.5, 0.6) is 0 Å². The maximum absolute atomic E-state index is 4.57. The second-order valence-electron chi connectivity index (χ2n) is 4.25. The number of rotatable bonds is 4. The van der Waals surface area contributed by atoms with E-state index in [1.807, 2.05) is 30.8 Å². The van der Waals surface area contributed by atoms with Crippen LogP contribution >= 0.6 is 15.9 Å². The molecule has 2 rings (SSSR count). The average Bonchev–Trinajstić information content (AvgIpc) is 2.64. The van der Waals surface area contributed by atoms with Crippen LogP contribution < -0.4 is 5.32 Å². The molecule has 0 atom stereocenters. The van der Waals surface area contributed by atoms with E-state index in [9.17, 15) is 0 Å². The van der Waals surface area contributed by atoms with Crippen molar-refractivity contribution in [2.24, 2.45) is 0 Å². The molecule has 18 heavy (non-hydrogen) atoms. The summed E-state index contributed by atoms with van der Waals surface area (Å²) in [7, 11) is 1.96. The van der Waals surface area contributed by atoms with Gasteiger partial charge in [-0.2, -0.15) is 5.10 Å². The molecular weight excluding hydrogens is 292 g/mol. The third-order valence-electron chi connectivity index (χ3n) is 2.99. The lowest BCUT2D eigenvalue weighted by atomic mass is 10.1. The summed E-state index contributed by atoms with van der Waals surface area (Å²) in [6.45, 7) is 5.10. The maximum atomic E-state index is 4.57. The lowest BCUT2D eigenvalue weighted by Gasteiger charge is -2.04. The van der Waals surface area contributed by atoms with Gasteiger partial charge in [0, 0.05) is 16.4 Å². The van der Waals surface area contributed by atoms with Gasteiger partial charge in [-0.1, -0.05) is 0 Å². The summed E-state index contributed by atoms with van der Waals surface area (Å²) in [5.74, 6) is 0.856. The summed E-state index contributed by atoms with van der Waals surface area (Å²) in [5, 5.41) is 7.74. The van der Waals surface area contributed by atoms with Crippen LogP contribution in [0.15, 0.2) is 22.8 Å². The molecule has 2 aromatic rings. The Bertz CT molecular complexity index is 531. The van der Waals surface area contributed by atoms with Crippen LogP contribution in [-0.4, -0.2) is 28.4 Å². The summed E-state index contributed by atoms with van der Waals surface area (Å²) in [6, 6.07) is 3.94. The fourth-order valence-electron chi connectivity index (χ4n) is 2.00. The zero-order valence-corrected chi connectivity index (χ0v) is 12.5. The van der Waals surface area contributed by atoms with Crippen molar-refractivity contribution in [3.05, 3.63) is 39.8 Å². The van der Waals surface area contributed by atoms with Crippen LogP contribution in [0, 0.1) is 13.8 Å². The van der Waals surface area contributed by atoms with Crippen molar-refractivity contribution < 1.29 is 0 Å². The van der Waals surface area contributed by atoms with Crippen LogP contribution in [0.2, 0.25) is 0 Å². The van der Waals surface area contributed by atoms with E-state index in [2.05, 4.69) is 38.3 Å². The van der Waals surface area contributed by atoms with E-state index in [1.54, 1.807) is 6.20 Å². The van der Waals surface area contributed by atoms with Crippen molar-refractivity contribution in [3.8, 4) is 5.82 Å². The van der Waals surface area contributed by atoms with Gasteiger partial charge < -0.3 is 5.32 Å². The molecule has 0 amide bonds. The van der Waals surface area contributed by atoms with Crippen LogP contribution in [0.4, 0.5) is 0 Å². The molecule has 4 nitrogen and oxygen atoms in total. The topological polar surface area (TPSA) is 42.7 Å². The Hall–Kier alpha value is -1.20. The first-order valence-corrected chi connectivity index (χ1v) is 6.74. The summed E-state index contributed by atoms with van der Waals surface area (Å²) in [4.78, 5) is 4.38. The van der Waals surface area contributed by atoms with Gasteiger partial charge >= 0.3 is 0 Å². The van der Waals surface area contributed by atoms with Crippen LogP contribution in [-0.2, 0) is 6.42 Å². The number of nitrogens with zero attached hydrogens (tertiary/aromatic N) is 3. The van der Waals surface area contributed by atoms with Gasteiger partial charge in [-0.15, -0.1) is 0 Å². The molecule has 2 aromatic heterocycles. The van der Waals surface area contributed by atoms with Crippen molar-refractivity contribution in [2.75, 3.05) is 13.6 Å². The van der Waals surface area contributed by atoms with E-state index in [4.69, 9.17) is 0 Å². The largest absolute Gasteiger partial charge is 0.319 e. The number of pyridine rings is 1. The number of hydrogen-bond donors (Lipinski definition) is 1. The molecule has 1 N–H and O–H groups in total. The second-order valence-corrected chi connectivity index (χ2v) is 5.17. The number of likely N-dealkylation sites (N-methyl/N-ethyl adjacent to an activating group) is 1. The Morgan fingerprint density at radius 1 is 1.33 bits per heavy atom. The molecule has 0 bridgehead atoms. The number of hydrogen-bond acceptors (Lipinski definition) is 3. The first-order chi connectivity index (χ1) is 8.63. The van der Waals surface area contributed by atoms with Crippen molar-refractivity contribution in [1.29, 1.82) is 0 Å². The van der Waals surface area contributed by atoms with E-state index in [1.165, 1.54) is 5.56 Å². The molecule has 0 saturated carbocycles. The fourth-order valence-corrected chi connectivity index (χ4v) is 2.24. The molecule has 96 valence electrons. The molecule has 0 aromatic carbocycles. The monoisotopic (exact) mass is 308 g/mol. The van der Waals surface area contributed by atoms with Gasteiger partial charge in [-0.25, -0.2) is 9.67 Å². The number of nitrogens with one attached hydrogen (secondary N) is 1. The Morgan fingerprint density at radius 3 is 2.72 bits per heavy atom. The summed E-state index contributed by atoms with van der Waals surface area (Å²) in [6.07, 6.45) is 2.78. The highest BCUT2D eigenvalue weighted by Crippen LogP contribution is 2.18. The average molecular weight is 309 g/mol. The molecule has 0 fully saturated rings. The van der Waals surface area contributed by atoms with Crippen molar-refractivity contribution in [2.45, 2.75) is 20.3 Å². The lowest BCUT2D eigenvalue weighted by molar-refractivity contribution is 0.780. The Kier molecular flexibility index (Phi) is 4.14. The zero-order chi connectivity index (χ0) is 13.1. The molecule has 0 spiro atoms. The van der Waals surface area contributed by atoms with Crippen molar-refractivity contribution >= 4 is 15.9 Å². The van der Waals surface area contributed by atoms with Gasteiger partial charge in [0.25, 0.3) is 0 Å². The standard InChI is InChI=1S/C13H17BrN4/c1-9-12(6-7-15-3)10(2)18(17-9)13-5-4-11(14)8-16-13/h4-5,8,15H,6-7H2,1-3H3. The normalized spacial score (nSPS) is 10.9. The minimum Gasteiger partial charge on any atom is -0.319 e. The van der Waals surface area contributed by atoms with Gasteiger partial charge in [-0.3, -0.25) is 0 Å². The molecule has 0 aliphatic carbocycles. The van der Waals surface area contributed by atoms with E-state index in [-0.39, 0.29) is 0 Å². The first kappa shape index (κ1) is 13.2. The van der Waals surface area contributed by atoms with Gasteiger partial charge in [-0.05, 0) is 67.5 Å². The molecule has 0 aliphatic heterocycles. The van der Waals surface area contributed by atoms with Crippen molar-refractivity contribution in [3.63, 3.8) is 0 Å². The van der Waals surface area contributed by atoms with Gasteiger partial charge in [0.15, 0.2) is 5.82 Å². The van der Waals surface area contributed by atoms with Crippen LogP contribution in [0.1, 0.15) is 17.0 Å². The smallest absolute Gasteiger partial charge is 0.153 e. The minimum absolute atomic E-state index is 0.856. The third kappa shape index (κ3) is 2.62. The van der Waals surface area contributed by atoms with E-state index in [0.717, 1.165) is 34.6 Å². The number of halogens is 1. The fraction of sp³-hybridized carbons (Fsp3) is 0.385. The molecule has 5 heteroatoms. The zero-order valence-electron chi connectivity index (χ0n) is 10.9. The maximum Gasteiger partial charge on any atom is 0.153 e. The molecular formula is C13H17BrN4. The van der Waals surface area contributed by atoms with E-state index < -0.39 is 0 Å². The Balaban J connectivity index is 2.37. The number of aromatic nitrogens is 3. The van der Waals surface area contributed by atoms with Gasteiger partial charge in [0.2, 0.25) is 0 Å². The molecule has 0 aliphatic rings. The Morgan fingerprint density at radius 2 is 2.11 bits per heavy atom. The van der Waals surface area contributed by atoms with E-state index >= 15 is 0 Å². The minimum atomic E-state index is 0.856. The second kappa shape index (κ2) is 5.63. The predicted molar refractivity (Wildman–Crippen MR) is 76.2 cm³/mol. The van der Waals surface area contributed by atoms with Crippen molar-refractivity contribution in [1.82, 2.24) is 20.1 Å². The quantitative estimate of drug-likeness (QED) is 0.943. The third-order valence-corrected chi connectivity index (χ3v) is 3.46. The van der Waals surface area contributed by atoms with Crippen LogP contribution in [0.3, 0.4) is 0 Å². The number of aryl methyl sites for hydroxylation is 1.